The highest BCUT2D eigenvalue weighted by Gasteiger charge is 2.20. The van der Waals surface area contributed by atoms with E-state index in [-0.39, 0.29) is 0 Å². The van der Waals surface area contributed by atoms with Crippen molar-refractivity contribution >= 4 is 23.0 Å². The predicted molar refractivity (Wildman–Crippen MR) is 72.3 cm³/mol. The van der Waals surface area contributed by atoms with E-state index in [0.29, 0.717) is 0 Å². The van der Waals surface area contributed by atoms with E-state index in [2.05, 4.69) is 34.1 Å². The van der Waals surface area contributed by atoms with E-state index in [0.717, 1.165) is 24.5 Å². The van der Waals surface area contributed by atoms with Gasteiger partial charge in [-0.05, 0) is 36.7 Å². The zero-order chi connectivity index (χ0) is 11.7. The quantitative estimate of drug-likeness (QED) is 0.663. The molecule has 0 N–H and O–H groups in total. The number of benzene rings is 1. The van der Waals surface area contributed by atoms with Crippen LogP contribution in [-0.4, -0.2) is 21.2 Å². The number of anilines is 1. The molecule has 0 spiro atoms. The van der Waals surface area contributed by atoms with Gasteiger partial charge in [0.1, 0.15) is 6.33 Å². The Morgan fingerprint density at radius 3 is 3.00 bits per heavy atom. The molecule has 0 unspecified atom stereocenters. The minimum Gasteiger partial charge on any atom is -0.318 e. The molecule has 0 fully saturated rings. The van der Waals surface area contributed by atoms with Crippen molar-refractivity contribution in [2.24, 2.45) is 0 Å². The van der Waals surface area contributed by atoms with E-state index >= 15 is 0 Å². The van der Waals surface area contributed by atoms with Crippen molar-refractivity contribution in [2.45, 2.75) is 12.8 Å². The van der Waals surface area contributed by atoms with Crippen molar-refractivity contribution in [1.82, 2.24) is 9.55 Å². The van der Waals surface area contributed by atoms with Crippen LogP contribution in [0.2, 0.25) is 0 Å². The van der Waals surface area contributed by atoms with Crippen LogP contribution in [0.4, 0.5) is 5.69 Å². The Morgan fingerprint density at radius 2 is 2.18 bits per heavy atom. The van der Waals surface area contributed by atoms with Crippen molar-refractivity contribution in [3.05, 3.63) is 48.5 Å². The molecule has 2 heterocycles. The molecule has 0 aliphatic carbocycles. The number of rotatable bonds is 0. The van der Waals surface area contributed by atoms with Gasteiger partial charge in [-0.1, -0.05) is 18.2 Å². The summed E-state index contributed by atoms with van der Waals surface area (Å²) >= 11 is 5.52. The third kappa shape index (κ3) is 1.85. The topological polar surface area (TPSA) is 21.1 Å². The van der Waals surface area contributed by atoms with Gasteiger partial charge in [0, 0.05) is 24.6 Å². The molecule has 1 aromatic heterocycles. The van der Waals surface area contributed by atoms with Gasteiger partial charge in [-0.2, -0.15) is 0 Å². The van der Waals surface area contributed by atoms with Gasteiger partial charge in [0.05, 0.1) is 0 Å². The number of nitrogens with zero attached hydrogens (tertiary/aromatic N) is 3. The monoisotopic (exact) mass is 243 g/mol. The van der Waals surface area contributed by atoms with Crippen LogP contribution in [0, 0.1) is 0 Å². The minimum absolute atomic E-state index is 0.801. The number of aromatic nitrogens is 2. The standard InChI is InChI=1S/C13H13N3S/c17-13(15-9-7-14-10-15)16-8-3-5-11-4-1-2-6-12(11)16/h1-2,4,6-7,9-10H,3,5,8H2. The van der Waals surface area contributed by atoms with Crippen LogP contribution in [-0.2, 0) is 6.42 Å². The molecule has 3 nitrogen and oxygen atoms in total. The lowest BCUT2D eigenvalue weighted by atomic mass is 10.0. The van der Waals surface area contributed by atoms with Crippen LogP contribution in [0.5, 0.6) is 0 Å². The highest BCUT2D eigenvalue weighted by atomic mass is 32.1. The average molecular weight is 243 g/mol. The molecular formula is C13H13N3S. The fraction of sp³-hybridized carbons (Fsp3) is 0.231. The first kappa shape index (κ1) is 10.5. The number of aryl methyl sites for hydroxylation is 1. The lowest BCUT2D eigenvalue weighted by Crippen LogP contribution is -2.37. The van der Waals surface area contributed by atoms with Gasteiger partial charge < -0.3 is 4.90 Å². The molecule has 3 rings (SSSR count). The normalized spacial score (nSPS) is 14.5. The predicted octanol–water partition coefficient (Wildman–Crippen LogP) is 2.47. The molecule has 1 aliphatic heterocycles. The maximum absolute atomic E-state index is 5.52. The molecule has 17 heavy (non-hydrogen) atoms. The number of para-hydroxylation sites is 1. The summed E-state index contributed by atoms with van der Waals surface area (Å²) in [5, 5.41) is 0.801. The maximum Gasteiger partial charge on any atom is 0.185 e. The smallest absolute Gasteiger partial charge is 0.185 e. The van der Waals surface area contributed by atoms with E-state index in [4.69, 9.17) is 12.2 Å². The highest BCUT2D eigenvalue weighted by Crippen LogP contribution is 2.27. The van der Waals surface area contributed by atoms with Gasteiger partial charge in [-0.15, -0.1) is 0 Å². The molecule has 1 aliphatic rings. The fourth-order valence-electron chi connectivity index (χ4n) is 2.24. The van der Waals surface area contributed by atoms with E-state index < -0.39 is 0 Å². The molecule has 1 aromatic carbocycles. The number of hydrogen-bond acceptors (Lipinski definition) is 2. The Labute approximate surface area is 106 Å². The molecule has 4 heteroatoms. The number of imidazole rings is 1. The summed E-state index contributed by atoms with van der Waals surface area (Å²) in [6.07, 6.45) is 7.67. The first-order valence-corrected chi connectivity index (χ1v) is 6.15. The van der Waals surface area contributed by atoms with Crippen LogP contribution in [0.3, 0.4) is 0 Å². The molecular weight excluding hydrogens is 230 g/mol. The summed E-state index contributed by atoms with van der Waals surface area (Å²) in [5.74, 6) is 0. The Kier molecular flexibility index (Phi) is 2.65. The van der Waals surface area contributed by atoms with Crippen molar-refractivity contribution in [2.75, 3.05) is 11.4 Å². The van der Waals surface area contributed by atoms with Gasteiger partial charge in [0.25, 0.3) is 0 Å². The minimum atomic E-state index is 0.801. The Morgan fingerprint density at radius 1 is 1.29 bits per heavy atom. The molecule has 0 saturated heterocycles. The first-order chi connectivity index (χ1) is 8.36. The van der Waals surface area contributed by atoms with E-state index in [1.807, 2.05) is 10.8 Å². The summed E-state index contributed by atoms with van der Waals surface area (Å²) in [7, 11) is 0. The third-order valence-electron chi connectivity index (χ3n) is 3.07. The van der Waals surface area contributed by atoms with Gasteiger partial charge in [0.2, 0.25) is 0 Å². The van der Waals surface area contributed by atoms with Crippen molar-refractivity contribution < 1.29 is 0 Å². The van der Waals surface area contributed by atoms with Gasteiger partial charge in [0.15, 0.2) is 5.11 Å². The second-order valence-corrected chi connectivity index (χ2v) is 4.50. The summed E-state index contributed by atoms with van der Waals surface area (Å²) < 4.78 is 1.89. The van der Waals surface area contributed by atoms with Crippen LogP contribution < -0.4 is 4.90 Å². The Bertz CT molecular complexity index is 533. The van der Waals surface area contributed by atoms with Gasteiger partial charge >= 0.3 is 0 Å². The Balaban J connectivity index is 1.98. The zero-order valence-electron chi connectivity index (χ0n) is 9.41. The largest absolute Gasteiger partial charge is 0.318 e. The number of fused-ring (bicyclic) bond motifs is 1. The molecule has 0 amide bonds. The van der Waals surface area contributed by atoms with Crippen LogP contribution >= 0.6 is 12.2 Å². The molecule has 0 atom stereocenters. The zero-order valence-corrected chi connectivity index (χ0v) is 10.2. The van der Waals surface area contributed by atoms with E-state index in [9.17, 15) is 0 Å². The molecule has 2 aromatic rings. The fourth-order valence-corrected chi connectivity index (χ4v) is 2.54. The third-order valence-corrected chi connectivity index (χ3v) is 3.50. The van der Waals surface area contributed by atoms with Crippen molar-refractivity contribution in [3.8, 4) is 0 Å². The molecule has 0 radical (unpaired) electrons. The summed E-state index contributed by atoms with van der Waals surface area (Å²) in [4.78, 5) is 6.23. The van der Waals surface area contributed by atoms with Crippen molar-refractivity contribution in [1.29, 1.82) is 0 Å². The summed E-state index contributed by atoms with van der Waals surface area (Å²) in [6, 6.07) is 8.46. The molecule has 0 saturated carbocycles. The van der Waals surface area contributed by atoms with Crippen LogP contribution in [0.25, 0.3) is 0 Å². The van der Waals surface area contributed by atoms with E-state index in [1.54, 1.807) is 12.5 Å². The summed E-state index contributed by atoms with van der Waals surface area (Å²) in [6.45, 7) is 0.980. The Hall–Kier alpha value is -1.68. The SMILES string of the molecule is S=C(N1CCCc2ccccc21)n1ccnc1. The lowest BCUT2D eigenvalue weighted by Gasteiger charge is -2.31. The lowest BCUT2D eigenvalue weighted by molar-refractivity contribution is 0.772. The highest BCUT2D eigenvalue weighted by molar-refractivity contribution is 7.80. The molecule has 86 valence electrons. The first-order valence-electron chi connectivity index (χ1n) is 5.74. The average Bonchev–Trinajstić information content (AvgIpc) is 2.91. The van der Waals surface area contributed by atoms with E-state index in [1.165, 1.54) is 11.3 Å². The summed E-state index contributed by atoms with van der Waals surface area (Å²) in [5.41, 5.74) is 2.61. The molecule has 0 bridgehead atoms. The van der Waals surface area contributed by atoms with Crippen LogP contribution in [0.1, 0.15) is 12.0 Å². The van der Waals surface area contributed by atoms with Gasteiger partial charge in [-0.3, -0.25) is 4.57 Å². The van der Waals surface area contributed by atoms with Gasteiger partial charge in [-0.25, -0.2) is 4.98 Å². The maximum atomic E-state index is 5.52. The van der Waals surface area contributed by atoms with Crippen molar-refractivity contribution in [3.63, 3.8) is 0 Å². The second kappa shape index (κ2) is 4.30. The van der Waals surface area contributed by atoms with Crippen LogP contribution in [0.15, 0.2) is 43.0 Å². The second-order valence-electron chi connectivity index (χ2n) is 4.14. The number of hydrogen-bond donors (Lipinski definition) is 0. The number of thiocarbonyl (C=S) groups is 1.